The number of H-pyrrole nitrogens is 1. The zero-order chi connectivity index (χ0) is 21.8. The maximum atomic E-state index is 12.2. The Bertz CT molecular complexity index is 844. The van der Waals surface area contributed by atoms with Gasteiger partial charge in [-0.25, -0.2) is 19.7 Å². The summed E-state index contributed by atoms with van der Waals surface area (Å²) in [5.74, 6) is -0.421. The van der Waals surface area contributed by atoms with Gasteiger partial charge in [-0.3, -0.25) is 9.59 Å². The van der Waals surface area contributed by atoms with Crippen molar-refractivity contribution in [3.63, 3.8) is 0 Å². The number of rotatable bonds is 13. The van der Waals surface area contributed by atoms with Crippen molar-refractivity contribution in [1.29, 1.82) is 0 Å². The zero-order valence-corrected chi connectivity index (χ0v) is 18.0. The van der Waals surface area contributed by atoms with Gasteiger partial charge in [-0.15, -0.1) is 11.8 Å². The number of ether oxygens (including phenoxy) is 2. The first-order valence-corrected chi connectivity index (χ1v) is 10.9. The fourth-order valence-corrected chi connectivity index (χ4v) is 3.62. The first-order chi connectivity index (χ1) is 14.5. The lowest BCUT2D eigenvalue weighted by Gasteiger charge is -2.17. The van der Waals surface area contributed by atoms with E-state index in [2.05, 4.69) is 25.3 Å². The number of esters is 2. The average Bonchev–Trinajstić information content (AvgIpc) is 3.21. The van der Waals surface area contributed by atoms with Crippen LogP contribution in [0.1, 0.15) is 46.0 Å². The summed E-state index contributed by atoms with van der Waals surface area (Å²) in [5.41, 5.74) is 1.43. The van der Waals surface area contributed by atoms with Gasteiger partial charge in [0.1, 0.15) is 22.9 Å². The Balaban J connectivity index is 1.72. The van der Waals surface area contributed by atoms with Gasteiger partial charge < -0.3 is 19.8 Å². The third kappa shape index (κ3) is 7.62. The van der Waals surface area contributed by atoms with Crippen molar-refractivity contribution >= 4 is 40.8 Å². The van der Waals surface area contributed by atoms with Gasteiger partial charge in [0.25, 0.3) is 0 Å². The molecule has 2 aromatic rings. The van der Waals surface area contributed by atoms with Gasteiger partial charge in [0.2, 0.25) is 5.91 Å². The summed E-state index contributed by atoms with van der Waals surface area (Å²) in [7, 11) is 0. The van der Waals surface area contributed by atoms with Crippen LogP contribution >= 0.6 is 11.8 Å². The maximum Gasteiger partial charge on any atom is 0.328 e. The Morgan fingerprint density at radius 2 is 1.90 bits per heavy atom. The van der Waals surface area contributed by atoms with Crippen LogP contribution in [0.2, 0.25) is 0 Å². The minimum absolute atomic E-state index is 0.0369. The summed E-state index contributed by atoms with van der Waals surface area (Å²) in [5, 5.41) is 3.49. The summed E-state index contributed by atoms with van der Waals surface area (Å²) in [6.45, 7) is 3.88. The van der Waals surface area contributed by atoms with E-state index < -0.39 is 18.0 Å². The molecule has 0 spiro atoms. The second-order valence-corrected chi connectivity index (χ2v) is 7.38. The molecule has 2 heterocycles. The van der Waals surface area contributed by atoms with E-state index in [-0.39, 0.29) is 38.4 Å². The minimum Gasteiger partial charge on any atom is -0.466 e. The van der Waals surface area contributed by atoms with E-state index >= 15 is 0 Å². The lowest BCUT2D eigenvalue weighted by atomic mass is 10.1. The van der Waals surface area contributed by atoms with Crippen molar-refractivity contribution < 1.29 is 23.9 Å². The number of imidazole rings is 1. The van der Waals surface area contributed by atoms with Gasteiger partial charge in [0.05, 0.1) is 19.5 Å². The Morgan fingerprint density at radius 1 is 1.10 bits per heavy atom. The van der Waals surface area contributed by atoms with E-state index in [1.54, 1.807) is 31.9 Å². The lowest BCUT2D eigenvalue weighted by Crippen LogP contribution is -2.42. The Hall–Kier alpha value is -2.69. The highest BCUT2D eigenvalue weighted by molar-refractivity contribution is 7.99. The van der Waals surface area contributed by atoms with E-state index in [9.17, 15) is 14.4 Å². The molecule has 2 N–H and O–H groups in total. The molecule has 0 aromatic carbocycles. The Kier molecular flexibility index (Phi) is 10.1. The smallest absolute Gasteiger partial charge is 0.328 e. The molecule has 0 bridgehead atoms. The number of thioether (sulfide) groups is 1. The molecule has 0 saturated heterocycles. The van der Waals surface area contributed by atoms with Gasteiger partial charge in [0, 0.05) is 12.8 Å². The number of carbonyl (C=O) groups excluding carboxylic acids is 3. The van der Waals surface area contributed by atoms with Gasteiger partial charge in [0.15, 0.2) is 5.65 Å². The molecule has 164 valence electrons. The maximum absolute atomic E-state index is 12.2. The fourth-order valence-electron chi connectivity index (χ4n) is 2.66. The summed E-state index contributed by atoms with van der Waals surface area (Å²) >= 11 is 1.57. The van der Waals surface area contributed by atoms with Crippen LogP contribution in [0.25, 0.3) is 11.2 Å². The quantitative estimate of drug-likeness (QED) is 0.209. The van der Waals surface area contributed by atoms with E-state index in [0.29, 0.717) is 12.1 Å². The number of hydrogen-bond acceptors (Lipinski definition) is 9. The van der Waals surface area contributed by atoms with Crippen LogP contribution in [0.4, 0.5) is 0 Å². The van der Waals surface area contributed by atoms with Crippen molar-refractivity contribution in [2.45, 2.75) is 57.0 Å². The molecular weight excluding hydrogens is 410 g/mol. The predicted octanol–water partition coefficient (Wildman–Crippen LogP) is 2.01. The number of aromatic amines is 1. The number of amides is 1. The third-order valence-electron chi connectivity index (χ3n) is 4.07. The molecule has 0 aliphatic heterocycles. The van der Waals surface area contributed by atoms with Crippen LogP contribution in [0.3, 0.4) is 0 Å². The molecule has 1 amide bonds. The number of carbonyl (C=O) groups is 3. The van der Waals surface area contributed by atoms with Crippen LogP contribution in [-0.4, -0.2) is 62.8 Å². The number of nitrogens with one attached hydrogen (secondary N) is 2. The molecular formula is C19H27N5O5S. The summed E-state index contributed by atoms with van der Waals surface area (Å²) in [6, 6.07) is -0.856. The van der Waals surface area contributed by atoms with Gasteiger partial charge >= 0.3 is 11.9 Å². The van der Waals surface area contributed by atoms with Gasteiger partial charge in [-0.2, -0.15) is 0 Å². The minimum atomic E-state index is -0.856. The first-order valence-electron chi connectivity index (χ1n) is 9.93. The van der Waals surface area contributed by atoms with Crippen LogP contribution in [0.5, 0.6) is 0 Å². The molecule has 10 nitrogen and oxygen atoms in total. The van der Waals surface area contributed by atoms with Crippen molar-refractivity contribution in [3.8, 4) is 0 Å². The van der Waals surface area contributed by atoms with Gasteiger partial charge in [-0.05, 0) is 38.9 Å². The van der Waals surface area contributed by atoms with E-state index in [4.69, 9.17) is 9.47 Å². The molecule has 0 aliphatic carbocycles. The number of hydrogen-bond donors (Lipinski definition) is 2. The Labute approximate surface area is 178 Å². The molecule has 1 atom stereocenters. The molecule has 2 rings (SSSR count). The number of fused-ring (bicyclic) bond motifs is 1. The highest BCUT2D eigenvalue weighted by Gasteiger charge is 2.23. The molecule has 1 unspecified atom stereocenters. The molecule has 0 saturated carbocycles. The second kappa shape index (κ2) is 12.8. The van der Waals surface area contributed by atoms with Crippen LogP contribution in [0.15, 0.2) is 17.7 Å². The number of nitrogens with zero attached hydrogens (tertiary/aromatic N) is 3. The topological polar surface area (TPSA) is 136 Å². The largest absolute Gasteiger partial charge is 0.466 e. The highest BCUT2D eigenvalue weighted by atomic mass is 32.2. The number of unbranched alkanes of at least 4 members (excludes halogenated alkanes) is 1. The molecule has 0 radical (unpaired) electrons. The Morgan fingerprint density at radius 3 is 2.67 bits per heavy atom. The van der Waals surface area contributed by atoms with Crippen molar-refractivity contribution in [3.05, 3.63) is 12.7 Å². The van der Waals surface area contributed by atoms with Crippen LogP contribution < -0.4 is 5.32 Å². The molecule has 0 aliphatic rings. The number of aromatic nitrogens is 4. The highest BCUT2D eigenvalue weighted by Crippen LogP contribution is 2.22. The van der Waals surface area contributed by atoms with Crippen molar-refractivity contribution in [1.82, 2.24) is 25.3 Å². The summed E-state index contributed by atoms with van der Waals surface area (Å²) < 4.78 is 9.85. The fraction of sp³-hybridized carbons (Fsp3) is 0.579. The van der Waals surface area contributed by atoms with Crippen molar-refractivity contribution in [2.24, 2.45) is 0 Å². The molecule has 0 fully saturated rings. The van der Waals surface area contributed by atoms with E-state index in [1.807, 2.05) is 0 Å². The predicted molar refractivity (Wildman–Crippen MR) is 111 cm³/mol. The molecule has 2 aromatic heterocycles. The second-order valence-electron chi connectivity index (χ2n) is 6.30. The third-order valence-corrected chi connectivity index (χ3v) is 5.15. The average molecular weight is 438 g/mol. The van der Waals surface area contributed by atoms with E-state index in [0.717, 1.165) is 22.7 Å². The van der Waals surface area contributed by atoms with Crippen molar-refractivity contribution in [2.75, 3.05) is 19.0 Å². The monoisotopic (exact) mass is 437 g/mol. The van der Waals surface area contributed by atoms with Gasteiger partial charge in [-0.1, -0.05) is 0 Å². The zero-order valence-electron chi connectivity index (χ0n) is 17.2. The standard InChI is InChI=1S/C19H27N5O5S/c1-3-28-15(26)9-8-13(19(27)29-4-2)24-14(25)7-5-6-10-30-18-16-17(21-11-20-16)22-12-23-18/h11-13H,3-10H2,1-2H3,(H,24,25)(H,20,21,22,23). The molecule has 30 heavy (non-hydrogen) atoms. The van der Waals surface area contributed by atoms with Crippen LogP contribution in [-0.2, 0) is 23.9 Å². The normalized spacial score (nSPS) is 11.8. The van der Waals surface area contributed by atoms with Crippen LogP contribution in [0, 0.1) is 0 Å². The summed E-state index contributed by atoms with van der Waals surface area (Å²) in [4.78, 5) is 51.3. The summed E-state index contributed by atoms with van der Waals surface area (Å²) in [6.07, 6.45) is 4.97. The lowest BCUT2D eigenvalue weighted by molar-refractivity contribution is -0.148. The SMILES string of the molecule is CCOC(=O)CCC(NC(=O)CCCCSc1ncnc2nc[nH]c12)C(=O)OCC. The first kappa shape index (κ1) is 23.6. The van der Waals surface area contributed by atoms with E-state index in [1.165, 1.54) is 6.33 Å². The molecule has 11 heteroatoms.